The van der Waals surface area contributed by atoms with E-state index in [1.165, 1.54) is 25.9 Å². The number of amides is 1. The Morgan fingerprint density at radius 3 is 2.44 bits per heavy atom. The highest BCUT2D eigenvalue weighted by atomic mass is 16.5. The van der Waals surface area contributed by atoms with Gasteiger partial charge in [0.25, 0.3) is 0 Å². The molecule has 1 aromatic carbocycles. The average Bonchev–Trinajstić information content (AvgIpc) is 2.36. The number of rotatable bonds is 4. The summed E-state index contributed by atoms with van der Waals surface area (Å²) < 4.78 is 5.06. The second kappa shape index (κ2) is 5.08. The monoisotopic (exact) mass is 251 g/mol. The van der Waals surface area contributed by atoms with E-state index in [0.29, 0.717) is 11.4 Å². The third-order valence-electron chi connectivity index (χ3n) is 2.81. The summed E-state index contributed by atoms with van der Waals surface area (Å²) in [5.41, 5.74) is -0.869. The van der Waals surface area contributed by atoms with Crippen molar-refractivity contribution in [2.24, 2.45) is 5.41 Å². The number of carboxylic acids is 1. The van der Waals surface area contributed by atoms with Crippen LogP contribution in [-0.2, 0) is 9.59 Å². The molecule has 5 nitrogen and oxygen atoms in total. The maximum absolute atomic E-state index is 12.1. The lowest BCUT2D eigenvalue weighted by molar-refractivity contribution is -0.152. The molecule has 1 rings (SSSR count). The lowest BCUT2D eigenvalue weighted by atomic mass is 9.92. The smallest absolute Gasteiger partial charge is 0.318 e. The molecule has 0 atom stereocenters. The van der Waals surface area contributed by atoms with Crippen LogP contribution in [0.5, 0.6) is 5.75 Å². The van der Waals surface area contributed by atoms with E-state index in [1.54, 1.807) is 31.3 Å². The molecule has 0 aliphatic heterocycles. The van der Waals surface area contributed by atoms with Gasteiger partial charge in [-0.3, -0.25) is 9.59 Å². The molecular formula is C13H17NO4. The molecule has 0 bridgehead atoms. The fourth-order valence-electron chi connectivity index (χ4n) is 1.45. The highest BCUT2D eigenvalue weighted by Gasteiger charge is 2.38. The molecule has 1 N–H and O–H groups in total. The van der Waals surface area contributed by atoms with Crippen LogP contribution in [0.2, 0.25) is 0 Å². The van der Waals surface area contributed by atoms with Gasteiger partial charge in [-0.15, -0.1) is 0 Å². The number of methoxy groups -OCH3 is 1. The second-order valence-corrected chi connectivity index (χ2v) is 4.50. The van der Waals surface area contributed by atoms with Crippen LogP contribution < -0.4 is 9.64 Å². The zero-order valence-corrected chi connectivity index (χ0v) is 10.9. The van der Waals surface area contributed by atoms with Crippen LogP contribution in [0, 0.1) is 5.41 Å². The van der Waals surface area contributed by atoms with Gasteiger partial charge in [0, 0.05) is 18.8 Å². The molecule has 0 saturated heterocycles. The van der Waals surface area contributed by atoms with E-state index < -0.39 is 17.3 Å². The van der Waals surface area contributed by atoms with Crippen molar-refractivity contribution in [3.8, 4) is 5.75 Å². The lowest BCUT2D eigenvalue weighted by Gasteiger charge is -2.26. The number of hydrogen-bond donors (Lipinski definition) is 1. The van der Waals surface area contributed by atoms with E-state index in [0.717, 1.165) is 0 Å². The van der Waals surface area contributed by atoms with E-state index in [9.17, 15) is 9.59 Å². The van der Waals surface area contributed by atoms with E-state index in [4.69, 9.17) is 9.84 Å². The van der Waals surface area contributed by atoms with Gasteiger partial charge in [0.2, 0.25) is 5.91 Å². The molecule has 1 aromatic rings. The third kappa shape index (κ3) is 2.61. The van der Waals surface area contributed by atoms with Gasteiger partial charge in [0.1, 0.15) is 11.2 Å². The largest absolute Gasteiger partial charge is 0.497 e. The lowest BCUT2D eigenvalue weighted by Crippen LogP contribution is -2.43. The standard InChI is InChI=1S/C13H17NO4/c1-13(2,12(16)17)11(15)14(3)9-6-5-7-10(8-9)18-4/h5-8H,1-4H3,(H,16,17). The van der Waals surface area contributed by atoms with Crippen molar-refractivity contribution in [3.63, 3.8) is 0 Å². The Kier molecular flexibility index (Phi) is 3.96. The first-order valence-electron chi connectivity index (χ1n) is 5.46. The second-order valence-electron chi connectivity index (χ2n) is 4.50. The number of ether oxygens (including phenoxy) is 1. The van der Waals surface area contributed by atoms with Crippen LogP contribution in [0.4, 0.5) is 5.69 Å². The number of carbonyl (C=O) groups excluding carboxylic acids is 1. The van der Waals surface area contributed by atoms with Crippen molar-refractivity contribution < 1.29 is 19.4 Å². The first-order valence-corrected chi connectivity index (χ1v) is 5.46. The van der Waals surface area contributed by atoms with Crippen molar-refractivity contribution in [3.05, 3.63) is 24.3 Å². The number of hydrogen-bond acceptors (Lipinski definition) is 3. The number of carbonyl (C=O) groups is 2. The summed E-state index contributed by atoms with van der Waals surface area (Å²) in [5, 5.41) is 9.04. The molecule has 0 aromatic heterocycles. The summed E-state index contributed by atoms with van der Waals surface area (Å²) in [5.74, 6) is -1.02. The molecule has 5 heteroatoms. The maximum Gasteiger partial charge on any atom is 0.318 e. The average molecular weight is 251 g/mol. The molecular weight excluding hydrogens is 234 g/mol. The minimum Gasteiger partial charge on any atom is -0.497 e. The topological polar surface area (TPSA) is 66.8 Å². The predicted molar refractivity (Wildman–Crippen MR) is 67.8 cm³/mol. The van der Waals surface area contributed by atoms with Crippen molar-refractivity contribution in [2.75, 3.05) is 19.1 Å². The molecule has 0 saturated carbocycles. The Balaban J connectivity index is 3.03. The first-order chi connectivity index (χ1) is 8.30. The molecule has 18 heavy (non-hydrogen) atoms. The van der Waals surface area contributed by atoms with Gasteiger partial charge in [0.15, 0.2) is 0 Å². The summed E-state index contributed by atoms with van der Waals surface area (Å²) in [4.78, 5) is 24.5. The van der Waals surface area contributed by atoms with Crippen LogP contribution in [0.25, 0.3) is 0 Å². The fraction of sp³-hybridized carbons (Fsp3) is 0.385. The van der Waals surface area contributed by atoms with Crippen molar-refractivity contribution in [1.29, 1.82) is 0 Å². The van der Waals surface area contributed by atoms with Gasteiger partial charge in [-0.05, 0) is 26.0 Å². The van der Waals surface area contributed by atoms with Crippen LogP contribution in [0.1, 0.15) is 13.8 Å². The van der Waals surface area contributed by atoms with Crippen molar-refractivity contribution in [2.45, 2.75) is 13.8 Å². The van der Waals surface area contributed by atoms with E-state index in [1.807, 2.05) is 0 Å². The van der Waals surface area contributed by atoms with E-state index in [-0.39, 0.29) is 0 Å². The quantitative estimate of drug-likeness (QED) is 0.828. The summed E-state index contributed by atoms with van der Waals surface area (Å²) in [7, 11) is 3.07. The maximum atomic E-state index is 12.1. The Morgan fingerprint density at radius 2 is 1.94 bits per heavy atom. The Bertz CT molecular complexity index is 468. The Morgan fingerprint density at radius 1 is 1.33 bits per heavy atom. The van der Waals surface area contributed by atoms with E-state index >= 15 is 0 Å². The van der Waals surface area contributed by atoms with Crippen LogP contribution >= 0.6 is 0 Å². The summed E-state index contributed by atoms with van der Waals surface area (Å²) in [6.07, 6.45) is 0. The highest BCUT2D eigenvalue weighted by Crippen LogP contribution is 2.25. The van der Waals surface area contributed by atoms with Crippen molar-refractivity contribution in [1.82, 2.24) is 0 Å². The normalized spacial score (nSPS) is 10.9. The fourth-order valence-corrected chi connectivity index (χ4v) is 1.45. The van der Waals surface area contributed by atoms with E-state index in [2.05, 4.69) is 0 Å². The minimum absolute atomic E-state index is 0.483. The van der Waals surface area contributed by atoms with Crippen LogP contribution in [-0.4, -0.2) is 31.1 Å². The number of aliphatic carboxylic acids is 1. The SMILES string of the molecule is COc1cccc(N(C)C(=O)C(C)(C)C(=O)O)c1. The highest BCUT2D eigenvalue weighted by molar-refractivity contribution is 6.08. The summed E-state index contributed by atoms with van der Waals surface area (Å²) in [6.45, 7) is 2.77. The third-order valence-corrected chi connectivity index (χ3v) is 2.81. The molecule has 1 amide bonds. The zero-order valence-electron chi connectivity index (χ0n) is 10.9. The van der Waals surface area contributed by atoms with Gasteiger partial charge >= 0.3 is 5.97 Å². The number of nitrogens with zero attached hydrogens (tertiary/aromatic N) is 1. The Hall–Kier alpha value is -2.04. The zero-order chi connectivity index (χ0) is 13.9. The minimum atomic E-state index is -1.46. The van der Waals surface area contributed by atoms with Crippen LogP contribution in [0.3, 0.4) is 0 Å². The molecule has 0 heterocycles. The summed E-state index contributed by atoms with van der Waals surface area (Å²) >= 11 is 0. The van der Waals surface area contributed by atoms with Gasteiger partial charge in [0.05, 0.1) is 7.11 Å². The van der Waals surface area contributed by atoms with Crippen LogP contribution in [0.15, 0.2) is 24.3 Å². The van der Waals surface area contributed by atoms with Gasteiger partial charge in [-0.1, -0.05) is 6.07 Å². The number of carboxylic acid groups (broad SMARTS) is 1. The van der Waals surface area contributed by atoms with Crippen molar-refractivity contribution >= 4 is 17.6 Å². The number of anilines is 1. The summed E-state index contributed by atoms with van der Waals surface area (Å²) in [6, 6.07) is 6.89. The van der Waals surface area contributed by atoms with Gasteiger partial charge in [-0.2, -0.15) is 0 Å². The molecule has 98 valence electrons. The number of benzene rings is 1. The molecule has 0 spiro atoms. The van der Waals surface area contributed by atoms with Gasteiger partial charge < -0.3 is 14.7 Å². The molecule has 0 unspecified atom stereocenters. The molecule has 0 aliphatic rings. The molecule has 0 aliphatic carbocycles. The molecule has 0 fully saturated rings. The van der Waals surface area contributed by atoms with Gasteiger partial charge in [-0.25, -0.2) is 0 Å². The molecule has 0 radical (unpaired) electrons. The first kappa shape index (κ1) is 14.0. The predicted octanol–water partition coefficient (Wildman–Crippen LogP) is 1.77. The Labute approximate surface area is 106 Å².